The van der Waals surface area contributed by atoms with Gasteiger partial charge in [0, 0.05) is 12.7 Å². The Morgan fingerprint density at radius 2 is 2.12 bits per heavy atom. The number of hydrogen-bond acceptors (Lipinski definition) is 3. The van der Waals surface area contributed by atoms with Crippen molar-refractivity contribution in [2.45, 2.75) is 38.8 Å². The lowest BCUT2D eigenvalue weighted by Gasteiger charge is -2.35. The standard InChI is InChI=1S/C19H21ClN2O2/c1-14-11-16(12-21-18(14)20)17-9-5-6-10-22(17)19(23)24-13-15-7-3-2-4-8-15/h2-4,7-8,11-12,17H,5-6,9-10,13H2,1H3/t17-/m1/s1. The summed E-state index contributed by atoms with van der Waals surface area (Å²) < 4.78 is 5.51. The zero-order chi connectivity index (χ0) is 16.9. The van der Waals surface area contributed by atoms with Crippen LogP contribution < -0.4 is 0 Å². The first-order valence-corrected chi connectivity index (χ1v) is 8.62. The van der Waals surface area contributed by atoms with E-state index in [4.69, 9.17) is 16.3 Å². The van der Waals surface area contributed by atoms with Gasteiger partial charge in [-0.05, 0) is 48.9 Å². The average Bonchev–Trinajstić information content (AvgIpc) is 2.63. The number of rotatable bonds is 3. The van der Waals surface area contributed by atoms with Gasteiger partial charge in [0.25, 0.3) is 0 Å². The van der Waals surface area contributed by atoms with Crippen molar-refractivity contribution < 1.29 is 9.53 Å². The third kappa shape index (κ3) is 3.88. The molecule has 1 aliphatic rings. The Bertz CT molecular complexity index is 706. The lowest BCUT2D eigenvalue weighted by atomic mass is 9.96. The van der Waals surface area contributed by atoms with Crippen LogP contribution in [0.25, 0.3) is 0 Å². The van der Waals surface area contributed by atoms with Crippen molar-refractivity contribution in [3.8, 4) is 0 Å². The summed E-state index contributed by atoms with van der Waals surface area (Å²) >= 11 is 6.02. The maximum Gasteiger partial charge on any atom is 0.410 e. The van der Waals surface area contributed by atoms with Crippen molar-refractivity contribution in [2.75, 3.05) is 6.54 Å². The third-order valence-electron chi connectivity index (χ3n) is 4.36. The van der Waals surface area contributed by atoms with Crippen LogP contribution in [-0.2, 0) is 11.3 Å². The molecule has 0 unspecified atom stereocenters. The topological polar surface area (TPSA) is 42.4 Å². The number of carbonyl (C=O) groups is 1. The second kappa shape index (κ2) is 7.67. The number of carbonyl (C=O) groups excluding carboxylic acids is 1. The molecule has 1 aromatic carbocycles. The van der Waals surface area contributed by atoms with Crippen LogP contribution in [-0.4, -0.2) is 22.5 Å². The molecule has 1 saturated heterocycles. The van der Waals surface area contributed by atoms with Crippen LogP contribution in [0, 0.1) is 6.92 Å². The van der Waals surface area contributed by atoms with Crippen LogP contribution in [0.5, 0.6) is 0 Å². The number of aryl methyl sites for hydroxylation is 1. The van der Waals surface area contributed by atoms with Crippen molar-refractivity contribution in [2.24, 2.45) is 0 Å². The van der Waals surface area contributed by atoms with Crippen molar-refractivity contribution >= 4 is 17.7 Å². The summed E-state index contributed by atoms with van der Waals surface area (Å²) in [6.45, 7) is 2.93. The molecule has 2 heterocycles. The van der Waals surface area contributed by atoms with E-state index in [1.807, 2.05) is 48.2 Å². The van der Waals surface area contributed by atoms with Gasteiger partial charge in [0.15, 0.2) is 0 Å². The molecular formula is C19H21ClN2O2. The van der Waals surface area contributed by atoms with Gasteiger partial charge in [-0.15, -0.1) is 0 Å². The van der Waals surface area contributed by atoms with Gasteiger partial charge in [-0.1, -0.05) is 41.9 Å². The molecule has 126 valence electrons. The largest absolute Gasteiger partial charge is 0.445 e. The fourth-order valence-corrected chi connectivity index (χ4v) is 3.16. The van der Waals surface area contributed by atoms with Gasteiger partial charge in [-0.3, -0.25) is 0 Å². The van der Waals surface area contributed by atoms with Crippen molar-refractivity contribution in [1.82, 2.24) is 9.88 Å². The molecule has 1 aliphatic heterocycles. The zero-order valence-electron chi connectivity index (χ0n) is 13.7. The van der Waals surface area contributed by atoms with Crippen LogP contribution in [0.3, 0.4) is 0 Å². The van der Waals surface area contributed by atoms with Gasteiger partial charge in [0.05, 0.1) is 6.04 Å². The lowest BCUT2D eigenvalue weighted by Crippen LogP contribution is -2.38. The molecule has 0 bridgehead atoms. The van der Waals surface area contributed by atoms with E-state index in [1.165, 1.54) is 0 Å². The molecule has 0 spiro atoms. The minimum absolute atomic E-state index is 0.00508. The first kappa shape index (κ1) is 16.8. The summed E-state index contributed by atoms with van der Waals surface area (Å²) in [6, 6.07) is 11.8. The highest BCUT2D eigenvalue weighted by atomic mass is 35.5. The predicted octanol–water partition coefficient (Wildman–Crippen LogP) is 4.91. The SMILES string of the molecule is Cc1cc([C@H]2CCCCN2C(=O)OCc2ccccc2)cnc1Cl. The number of amides is 1. The first-order chi connectivity index (χ1) is 11.6. The summed E-state index contributed by atoms with van der Waals surface area (Å²) in [7, 11) is 0. The molecule has 4 nitrogen and oxygen atoms in total. The number of halogens is 1. The van der Waals surface area contributed by atoms with E-state index in [1.54, 1.807) is 6.20 Å². The number of pyridine rings is 1. The normalized spacial score (nSPS) is 17.6. The van der Waals surface area contributed by atoms with Crippen LogP contribution in [0.1, 0.15) is 42.0 Å². The number of nitrogens with zero attached hydrogens (tertiary/aromatic N) is 2. The average molecular weight is 345 g/mol. The van der Waals surface area contributed by atoms with Crippen LogP contribution >= 0.6 is 11.6 Å². The van der Waals surface area contributed by atoms with E-state index < -0.39 is 0 Å². The molecule has 3 rings (SSSR count). The number of piperidine rings is 1. The molecule has 1 amide bonds. The first-order valence-electron chi connectivity index (χ1n) is 8.24. The Morgan fingerprint density at radius 3 is 2.88 bits per heavy atom. The molecule has 0 radical (unpaired) electrons. The van der Waals surface area contributed by atoms with Gasteiger partial charge in [-0.25, -0.2) is 9.78 Å². The summed E-state index contributed by atoms with van der Waals surface area (Å²) in [6.07, 6.45) is 4.51. The van der Waals surface area contributed by atoms with Gasteiger partial charge >= 0.3 is 6.09 Å². The third-order valence-corrected chi connectivity index (χ3v) is 4.76. The molecule has 1 fully saturated rings. The predicted molar refractivity (Wildman–Crippen MR) is 93.9 cm³/mol. The minimum Gasteiger partial charge on any atom is -0.445 e. The van der Waals surface area contributed by atoms with Gasteiger partial charge < -0.3 is 9.64 Å². The van der Waals surface area contributed by atoms with Gasteiger partial charge in [0.2, 0.25) is 0 Å². The summed E-state index contributed by atoms with van der Waals surface area (Å²) in [5, 5.41) is 0.507. The fraction of sp³-hybridized carbons (Fsp3) is 0.368. The number of ether oxygens (including phenoxy) is 1. The highest BCUT2D eigenvalue weighted by Gasteiger charge is 2.29. The van der Waals surface area contributed by atoms with Crippen molar-refractivity contribution in [1.29, 1.82) is 0 Å². The van der Waals surface area contributed by atoms with Crippen LogP contribution in [0.4, 0.5) is 4.79 Å². The quantitative estimate of drug-likeness (QED) is 0.743. The van der Waals surface area contributed by atoms with Gasteiger partial charge in [-0.2, -0.15) is 0 Å². The minimum atomic E-state index is -0.267. The Morgan fingerprint density at radius 1 is 1.33 bits per heavy atom. The zero-order valence-corrected chi connectivity index (χ0v) is 14.5. The summed E-state index contributed by atoms with van der Waals surface area (Å²) in [5.41, 5.74) is 2.94. The number of hydrogen-bond donors (Lipinski definition) is 0. The van der Waals surface area contributed by atoms with E-state index in [0.29, 0.717) is 18.3 Å². The van der Waals surface area contributed by atoms with E-state index >= 15 is 0 Å². The number of likely N-dealkylation sites (tertiary alicyclic amines) is 1. The van der Waals surface area contributed by atoms with E-state index in [9.17, 15) is 4.79 Å². The molecular weight excluding hydrogens is 324 g/mol. The highest BCUT2D eigenvalue weighted by molar-refractivity contribution is 6.30. The maximum atomic E-state index is 12.6. The number of aromatic nitrogens is 1. The molecule has 0 saturated carbocycles. The van der Waals surface area contributed by atoms with Gasteiger partial charge in [0.1, 0.15) is 11.8 Å². The van der Waals surface area contributed by atoms with Crippen molar-refractivity contribution in [3.05, 3.63) is 64.4 Å². The molecule has 0 N–H and O–H groups in total. The Labute approximate surface area is 147 Å². The highest BCUT2D eigenvalue weighted by Crippen LogP contribution is 2.32. The molecule has 1 atom stereocenters. The second-order valence-corrected chi connectivity index (χ2v) is 6.48. The van der Waals surface area contributed by atoms with Crippen LogP contribution in [0.15, 0.2) is 42.6 Å². The number of benzene rings is 1. The Kier molecular flexibility index (Phi) is 5.36. The van der Waals surface area contributed by atoms with E-state index in [2.05, 4.69) is 4.98 Å². The van der Waals surface area contributed by atoms with Crippen LogP contribution in [0.2, 0.25) is 5.15 Å². The van der Waals surface area contributed by atoms with Crippen molar-refractivity contribution in [3.63, 3.8) is 0 Å². The molecule has 2 aromatic rings. The maximum absolute atomic E-state index is 12.6. The monoisotopic (exact) mass is 344 g/mol. The Hall–Kier alpha value is -2.07. The van der Waals surface area contributed by atoms with E-state index in [0.717, 1.165) is 36.0 Å². The molecule has 1 aromatic heterocycles. The molecule has 24 heavy (non-hydrogen) atoms. The lowest BCUT2D eigenvalue weighted by molar-refractivity contribution is 0.0678. The smallest absolute Gasteiger partial charge is 0.410 e. The molecule has 5 heteroatoms. The molecule has 0 aliphatic carbocycles. The summed E-state index contributed by atoms with van der Waals surface area (Å²) in [5.74, 6) is 0. The van der Waals surface area contributed by atoms with E-state index in [-0.39, 0.29) is 12.1 Å². The Balaban J connectivity index is 1.71. The summed E-state index contributed by atoms with van der Waals surface area (Å²) in [4.78, 5) is 18.6. The fourth-order valence-electron chi connectivity index (χ4n) is 3.06. The second-order valence-electron chi connectivity index (χ2n) is 6.12.